The highest BCUT2D eigenvalue weighted by atomic mass is 16.7. The molecule has 1 saturated heterocycles. The Bertz CT molecular complexity index is 428. The van der Waals surface area contributed by atoms with E-state index in [-0.39, 0.29) is 5.91 Å². The lowest BCUT2D eigenvalue weighted by molar-refractivity contribution is -0.0757. The molecule has 0 spiro atoms. The van der Waals surface area contributed by atoms with Crippen molar-refractivity contribution in [3.05, 3.63) is 18.0 Å². The van der Waals surface area contributed by atoms with Gasteiger partial charge < -0.3 is 9.80 Å². The number of carbonyl (C=O) groups excluding carboxylic acids is 1. The van der Waals surface area contributed by atoms with Crippen molar-refractivity contribution in [3.8, 4) is 0 Å². The van der Waals surface area contributed by atoms with Gasteiger partial charge in [0.25, 0.3) is 5.91 Å². The van der Waals surface area contributed by atoms with Crippen molar-refractivity contribution in [2.75, 3.05) is 52.3 Å². The number of piperazine rings is 1. The maximum atomic E-state index is 11.8. The smallest absolute Gasteiger partial charge is 0.280 e. The Hall–Kier alpha value is -1.73. The molecule has 1 aliphatic heterocycles. The fourth-order valence-corrected chi connectivity index (χ4v) is 1.87. The third kappa shape index (κ3) is 3.18. The molecule has 19 heavy (non-hydrogen) atoms. The highest BCUT2D eigenvalue weighted by molar-refractivity contribution is 5.92. The lowest BCUT2D eigenvalue weighted by Crippen LogP contribution is -2.45. The van der Waals surface area contributed by atoms with E-state index in [0.717, 1.165) is 31.2 Å². The Morgan fingerprint density at radius 2 is 1.84 bits per heavy atom. The standard InChI is InChI=1S/C12H19N5O2/c1-15-4-6-17(7-5-15)12-13-8-10(9-14-12)11(18)16(2)19-3/h8-9H,4-7H2,1-3H3. The number of rotatable bonds is 3. The third-order valence-electron chi connectivity index (χ3n) is 3.23. The first kappa shape index (κ1) is 13.7. The fraction of sp³-hybridized carbons (Fsp3) is 0.583. The summed E-state index contributed by atoms with van der Waals surface area (Å²) in [4.78, 5) is 29.5. The van der Waals surface area contributed by atoms with E-state index in [1.807, 2.05) is 0 Å². The van der Waals surface area contributed by atoms with Crippen LogP contribution in [0.15, 0.2) is 12.4 Å². The number of hydroxylamine groups is 2. The van der Waals surface area contributed by atoms with Crippen molar-refractivity contribution in [2.45, 2.75) is 0 Å². The second-order valence-corrected chi connectivity index (χ2v) is 4.55. The van der Waals surface area contributed by atoms with Gasteiger partial charge in [-0.3, -0.25) is 9.63 Å². The SMILES string of the molecule is CON(C)C(=O)c1cnc(N2CCN(C)CC2)nc1. The highest BCUT2D eigenvalue weighted by Gasteiger charge is 2.17. The van der Waals surface area contributed by atoms with Gasteiger partial charge in [-0.2, -0.15) is 0 Å². The van der Waals surface area contributed by atoms with Gasteiger partial charge in [0.05, 0.1) is 12.7 Å². The Kier molecular flexibility index (Phi) is 4.28. The lowest BCUT2D eigenvalue weighted by atomic mass is 10.3. The van der Waals surface area contributed by atoms with Crippen LogP contribution in [0.3, 0.4) is 0 Å². The van der Waals surface area contributed by atoms with Gasteiger partial charge in [-0.1, -0.05) is 0 Å². The van der Waals surface area contributed by atoms with Gasteiger partial charge in [-0.25, -0.2) is 15.0 Å². The van der Waals surface area contributed by atoms with Crippen LogP contribution in [0.25, 0.3) is 0 Å². The number of hydrogen-bond donors (Lipinski definition) is 0. The molecule has 0 bridgehead atoms. The third-order valence-corrected chi connectivity index (χ3v) is 3.23. The molecule has 1 aromatic heterocycles. The molecule has 2 heterocycles. The number of aromatic nitrogens is 2. The Morgan fingerprint density at radius 1 is 1.26 bits per heavy atom. The van der Waals surface area contributed by atoms with Gasteiger partial charge in [0, 0.05) is 45.6 Å². The van der Waals surface area contributed by atoms with Crippen LogP contribution in [0.4, 0.5) is 5.95 Å². The monoisotopic (exact) mass is 265 g/mol. The highest BCUT2D eigenvalue weighted by Crippen LogP contribution is 2.10. The molecule has 1 amide bonds. The molecule has 0 radical (unpaired) electrons. The topological polar surface area (TPSA) is 61.8 Å². The summed E-state index contributed by atoms with van der Waals surface area (Å²) in [5.74, 6) is 0.414. The molecule has 1 fully saturated rings. The summed E-state index contributed by atoms with van der Waals surface area (Å²) >= 11 is 0. The van der Waals surface area contributed by atoms with Crippen molar-refractivity contribution in [2.24, 2.45) is 0 Å². The van der Waals surface area contributed by atoms with Crippen LogP contribution in [-0.2, 0) is 4.84 Å². The van der Waals surface area contributed by atoms with E-state index in [1.165, 1.54) is 7.11 Å². The predicted molar refractivity (Wildman–Crippen MR) is 70.8 cm³/mol. The van der Waals surface area contributed by atoms with Gasteiger partial charge in [-0.15, -0.1) is 0 Å². The number of nitrogens with zero attached hydrogens (tertiary/aromatic N) is 5. The van der Waals surface area contributed by atoms with Crippen LogP contribution >= 0.6 is 0 Å². The van der Waals surface area contributed by atoms with Crippen LogP contribution in [0.5, 0.6) is 0 Å². The van der Waals surface area contributed by atoms with E-state index >= 15 is 0 Å². The maximum absolute atomic E-state index is 11.8. The van der Waals surface area contributed by atoms with Crippen LogP contribution in [0.2, 0.25) is 0 Å². The van der Waals surface area contributed by atoms with E-state index in [2.05, 4.69) is 26.8 Å². The summed E-state index contributed by atoms with van der Waals surface area (Å²) in [5.41, 5.74) is 0.419. The molecule has 7 nitrogen and oxygen atoms in total. The van der Waals surface area contributed by atoms with Gasteiger partial charge in [0.1, 0.15) is 0 Å². The second-order valence-electron chi connectivity index (χ2n) is 4.55. The van der Waals surface area contributed by atoms with Crippen molar-refractivity contribution in [1.82, 2.24) is 19.9 Å². The molecular formula is C12H19N5O2. The molecule has 0 unspecified atom stereocenters. The normalized spacial score (nSPS) is 16.5. The summed E-state index contributed by atoms with van der Waals surface area (Å²) in [6.45, 7) is 3.80. The molecule has 0 N–H and O–H groups in total. The Labute approximate surface area is 112 Å². The zero-order valence-corrected chi connectivity index (χ0v) is 11.5. The molecule has 7 heteroatoms. The van der Waals surface area contributed by atoms with E-state index < -0.39 is 0 Å². The minimum Gasteiger partial charge on any atom is -0.338 e. The summed E-state index contributed by atoms with van der Waals surface area (Å²) in [6.07, 6.45) is 3.08. The summed E-state index contributed by atoms with van der Waals surface area (Å²) in [6, 6.07) is 0. The minimum atomic E-state index is -0.257. The summed E-state index contributed by atoms with van der Waals surface area (Å²) in [5, 5.41) is 1.15. The average molecular weight is 265 g/mol. The van der Waals surface area contributed by atoms with E-state index in [4.69, 9.17) is 4.84 Å². The molecule has 0 atom stereocenters. The second kappa shape index (κ2) is 5.94. The molecule has 0 aromatic carbocycles. The number of likely N-dealkylation sites (N-methyl/N-ethyl adjacent to an activating group) is 1. The molecule has 0 aliphatic carbocycles. The van der Waals surface area contributed by atoms with E-state index in [9.17, 15) is 4.79 Å². The Morgan fingerprint density at radius 3 is 2.37 bits per heavy atom. The Balaban J connectivity index is 2.04. The first-order valence-electron chi connectivity index (χ1n) is 6.19. The zero-order chi connectivity index (χ0) is 13.8. The van der Waals surface area contributed by atoms with Gasteiger partial charge >= 0.3 is 0 Å². The van der Waals surface area contributed by atoms with Crippen molar-refractivity contribution >= 4 is 11.9 Å². The molecule has 0 saturated carbocycles. The fourth-order valence-electron chi connectivity index (χ4n) is 1.87. The first-order chi connectivity index (χ1) is 9.11. The predicted octanol–water partition coefficient (Wildman–Crippen LogP) is -0.138. The molecular weight excluding hydrogens is 246 g/mol. The van der Waals surface area contributed by atoms with E-state index in [1.54, 1.807) is 19.4 Å². The average Bonchev–Trinajstić information content (AvgIpc) is 2.46. The zero-order valence-electron chi connectivity index (χ0n) is 11.5. The van der Waals surface area contributed by atoms with E-state index in [0.29, 0.717) is 11.5 Å². The van der Waals surface area contributed by atoms with Crippen molar-refractivity contribution in [3.63, 3.8) is 0 Å². The quantitative estimate of drug-likeness (QED) is 0.709. The molecule has 1 aromatic rings. The number of hydrogen-bond acceptors (Lipinski definition) is 6. The molecule has 104 valence electrons. The number of anilines is 1. The lowest BCUT2D eigenvalue weighted by Gasteiger charge is -2.32. The first-order valence-corrected chi connectivity index (χ1v) is 6.19. The number of carbonyl (C=O) groups is 1. The molecule has 1 aliphatic rings. The maximum Gasteiger partial charge on any atom is 0.280 e. The van der Waals surface area contributed by atoms with Gasteiger partial charge in [0.15, 0.2) is 0 Å². The van der Waals surface area contributed by atoms with Crippen LogP contribution < -0.4 is 4.90 Å². The van der Waals surface area contributed by atoms with Crippen LogP contribution in [-0.4, -0.2) is 73.2 Å². The van der Waals surface area contributed by atoms with Crippen molar-refractivity contribution < 1.29 is 9.63 Å². The number of amides is 1. The largest absolute Gasteiger partial charge is 0.338 e. The van der Waals surface area contributed by atoms with Gasteiger partial charge in [0.2, 0.25) is 5.95 Å². The van der Waals surface area contributed by atoms with Crippen LogP contribution in [0.1, 0.15) is 10.4 Å². The minimum absolute atomic E-state index is 0.257. The van der Waals surface area contributed by atoms with Gasteiger partial charge in [-0.05, 0) is 7.05 Å². The van der Waals surface area contributed by atoms with Crippen LogP contribution in [0, 0.1) is 0 Å². The summed E-state index contributed by atoms with van der Waals surface area (Å²) in [7, 11) is 5.09. The van der Waals surface area contributed by atoms with Crippen molar-refractivity contribution in [1.29, 1.82) is 0 Å². The molecule has 2 rings (SSSR count). The summed E-state index contributed by atoms with van der Waals surface area (Å²) < 4.78 is 0.